The number of benzene rings is 1. The van der Waals surface area contributed by atoms with Crippen molar-refractivity contribution in [1.82, 2.24) is 5.32 Å². The van der Waals surface area contributed by atoms with Crippen LogP contribution in [-0.2, 0) is 0 Å². The SMILES string of the molecule is OC(c1ccc(F)c(Br)c1)C1CCCNC1. The van der Waals surface area contributed by atoms with Gasteiger partial charge in [0, 0.05) is 12.5 Å². The molecular weight excluding hydrogens is 273 g/mol. The van der Waals surface area contributed by atoms with E-state index in [1.54, 1.807) is 12.1 Å². The predicted molar refractivity (Wildman–Crippen MR) is 64.7 cm³/mol. The molecule has 2 unspecified atom stereocenters. The maximum atomic E-state index is 13.1. The van der Waals surface area contributed by atoms with Gasteiger partial charge in [0.2, 0.25) is 0 Å². The van der Waals surface area contributed by atoms with Gasteiger partial charge >= 0.3 is 0 Å². The van der Waals surface area contributed by atoms with Gasteiger partial charge in [0.1, 0.15) is 5.82 Å². The van der Waals surface area contributed by atoms with Crippen molar-refractivity contribution >= 4 is 15.9 Å². The average molecular weight is 288 g/mol. The van der Waals surface area contributed by atoms with Gasteiger partial charge in [-0.25, -0.2) is 4.39 Å². The van der Waals surface area contributed by atoms with E-state index in [2.05, 4.69) is 21.2 Å². The number of rotatable bonds is 2. The third kappa shape index (κ3) is 2.62. The van der Waals surface area contributed by atoms with Gasteiger partial charge in [0.25, 0.3) is 0 Å². The molecule has 4 heteroatoms. The summed E-state index contributed by atoms with van der Waals surface area (Å²) in [7, 11) is 0. The largest absolute Gasteiger partial charge is 0.388 e. The molecule has 2 N–H and O–H groups in total. The lowest BCUT2D eigenvalue weighted by Crippen LogP contribution is -2.33. The first kappa shape index (κ1) is 12.0. The summed E-state index contributed by atoms with van der Waals surface area (Å²) in [5, 5.41) is 13.4. The molecule has 0 aliphatic carbocycles. The monoisotopic (exact) mass is 287 g/mol. The third-order valence-corrected chi connectivity index (χ3v) is 3.67. The zero-order valence-corrected chi connectivity index (χ0v) is 10.5. The summed E-state index contributed by atoms with van der Waals surface area (Å²) in [4.78, 5) is 0. The van der Waals surface area contributed by atoms with Gasteiger partial charge in [-0.1, -0.05) is 6.07 Å². The first-order valence-electron chi connectivity index (χ1n) is 5.52. The molecule has 0 saturated carbocycles. The maximum absolute atomic E-state index is 13.1. The molecule has 2 atom stereocenters. The number of aliphatic hydroxyl groups excluding tert-OH is 1. The Morgan fingerprint density at radius 3 is 2.94 bits per heavy atom. The van der Waals surface area contributed by atoms with Gasteiger partial charge in [-0.15, -0.1) is 0 Å². The fourth-order valence-corrected chi connectivity index (χ4v) is 2.51. The van der Waals surface area contributed by atoms with Crippen LogP contribution in [-0.4, -0.2) is 18.2 Å². The Balaban J connectivity index is 2.12. The number of piperidine rings is 1. The Labute approximate surface area is 103 Å². The van der Waals surface area contributed by atoms with Crippen molar-refractivity contribution in [2.24, 2.45) is 5.92 Å². The number of halogens is 2. The zero-order chi connectivity index (χ0) is 11.5. The van der Waals surface area contributed by atoms with Crippen LogP contribution in [0.1, 0.15) is 24.5 Å². The van der Waals surface area contributed by atoms with Gasteiger partial charge in [-0.05, 0) is 53.0 Å². The zero-order valence-electron chi connectivity index (χ0n) is 8.92. The topological polar surface area (TPSA) is 32.3 Å². The van der Waals surface area contributed by atoms with E-state index in [1.165, 1.54) is 6.07 Å². The van der Waals surface area contributed by atoms with Gasteiger partial charge < -0.3 is 10.4 Å². The fraction of sp³-hybridized carbons (Fsp3) is 0.500. The van der Waals surface area contributed by atoms with E-state index in [0.717, 1.165) is 31.5 Å². The Morgan fingerprint density at radius 2 is 2.31 bits per heavy atom. The van der Waals surface area contributed by atoms with Gasteiger partial charge in [0.15, 0.2) is 0 Å². The second kappa shape index (κ2) is 5.25. The minimum atomic E-state index is -0.510. The molecule has 1 aromatic rings. The highest BCUT2D eigenvalue weighted by molar-refractivity contribution is 9.10. The standard InChI is InChI=1S/C12H15BrFNO/c13-10-6-8(3-4-11(10)14)12(16)9-2-1-5-15-7-9/h3-4,6,9,12,15-16H,1-2,5,7H2. The molecule has 0 amide bonds. The molecule has 16 heavy (non-hydrogen) atoms. The average Bonchev–Trinajstić information content (AvgIpc) is 2.33. The molecule has 0 radical (unpaired) electrons. The quantitative estimate of drug-likeness (QED) is 0.877. The van der Waals surface area contributed by atoms with Crippen molar-refractivity contribution in [2.45, 2.75) is 18.9 Å². The van der Waals surface area contributed by atoms with Crippen LogP contribution < -0.4 is 5.32 Å². The number of nitrogens with one attached hydrogen (secondary N) is 1. The van der Waals surface area contributed by atoms with E-state index in [-0.39, 0.29) is 11.7 Å². The van der Waals surface area contributed by atoms with Crippen LogP contribution in [0.2, 0.25) is 0 Å². The van der Waals surface area contributed by atoms with Crippen LogP contribution >= 0.6 is 15.9 Å². The highest BCUT2D eigenvalue weighted by Gasteiger charge is 2.23. The first-order valence-corrected chi connectivity index (χ1v) is 6.31. The van der Waals surface area contributed by atoms with Crippen LogP contribution in [0.15, 0.2) is 22.7 Å². The third-order valence-electron chi connectivity index (χ3n) is 3.07. The highest BCUT2D eigenvalue weighted by atomic mass is 79.9. The lowest BCUT2D eigenvalue weighted by atomic mass is 9.89. The lowest BCUT2D eigenvalue weighted by Gasteiger charge is -2.27. The van der Waals surface area contributed by atoms with E-state index < -0.39 is 6.10 Å². The summed E-state index contributed by atoms with van der Waals surface area (Å²) < 4.78 is 13.5. The van der Waals surface area contributed by atoms with Crippen LogP contribution in [0.4, 0.5) is 4.39 Å². The molecule has 0 spiro atoms. The van der Waals surface area contributed by atoms with Crippen LogP contribution in [0.5, 0.6) is 0 Å². The molecule has 1 aliphatic heterocycles. The van der Waals surface area contributed by atoms with E-state index in [0.29, 0.717) is 4.47 Å². The Kier molecular flexibility index (Phi) is 3.95. The van der Waals surface area contributed by atoms with Crippen LogP contribution in [0, 0.1) is 11.7 Å². The molecular formula is C12H15BrFNO. The normalized spacial score (nSPS) is 23.1. The van der Waals surface area contributed by atoms with E-state index in [1.807, 2.05) is 0 Å². The summed E-state index contributed by atoms with van der Waals surface area (Å²) in [5.74, 6) is -0.0659. The maximum Gasteiger partial charge on any atom is 0.137 e. The van der Waals surface area contributed by atoms with Crippen molar-refractivity contribution in [3.63, 3.8) is 0 Å². The smallest absolute Gasteiger partial charge is 0.137 e. The summed E-state index contributed by atoms with van der Waals surface area (Å²) in [6.07, 6.45) is 1.59. The number of hydrogen-bond acceptors (Lipinski definition) is 2. The molecule has 1 saturated heterocycles. The van der Waals surface area contributed by atoms with Gasteiger partial charge in [-0.3, -0.25) is 0 Å². The van der Waals surface area contributed by atoms with Crippen LogP contribution in [0.25, 0.3) is 0 Å². The number of aliphatic hydroxyl groups is 1. The lowest BCUT2D eigenvalue weighted by molar-refractivity contribution is 0.0920. The Morgan fingerprint density at radius 1 is 1.50 bits per heavy atom. The Hall–Kier alpha value is -0.450. The van der Waals surface area contributed by atoms with Gasteiger partial charge in [0.05, 0.1) is 10.6 Å². The molecule has 1 aromatic carbocycles. The van der Waals surface area contributed by atoms with Crippen molar-refractivity contribution in [2.75, 3.05) is 13.1 Å². The Bertz CT molecular complexity index is 366. The number of hydrogen-bond donors (Lipinski definition) is 2. The second-order valence-corrected chi connectivity index (χ2v) is 5.08. The highest BCUT2D eigenvalue weighted by Crippen LogP contribution is 2.29. The summed E-state index contributed by atoms with van der Waals surface area (Å²) >= 11 is 3.14. The minimum absolute atomic E-state index is 0.228. The van der Waals surface area contributed by atoms with Gasteiger partial charge in [-0.2, -0.15) is 0 Å². The minimum Gasteiger partial charge on any atom is -0.388 e. The summed E-state index contributed by atoms with van der Waals surface area (Å²) in [6, 6.07) is 4.70. The molecule has 1 aliphatic rings. The van der Waals surface area contributed by atoms with E-state index >= 15 is 0 Å². The van der Waals surface area contributed by atoms with Crippen LogP contribution in [0.3, 0.4) is 0 Å². The summed E-state index contributed by atoms with van der Waals surface area (Å²) in [6.45, 7) is 1.85. The molecule has 88 valence electrons. The van der Waals surface area contributed by atoms with Crippen molar-refractivity contribution in [3.8, 4) is 0 Å². The molecule has 2 nitrogen and oxygen atoms in total. The first-order chi connectivity index (χ1) is 7.68. The predicted octanol–water partition coefficient (Wildman–Crippen LogP) is 2.62. The molecule has 1 fully saturated rings. The van der Waals surface area contributed by atoms with Crippen molar-refractivity contribution in [3.05, 3.63) is 34.1 Å². The van der Waals surface area contributed by atoms with Crippen molar-refractivity contribution in [1.29, 1.82) is 0 Å². The summed E-state index contributed by atoms with van der Waals surface area (Å²) in [5.41, 5.74) is 0.780. The molecule has 0 bridgehead atoms. The second-order valence-electron chi connectivity index (χ2n) is 4.22. The van der Waals surface area contributed by atoms with E-state index in [9.17, 15) is 9.50 Å². The van der Waals surface area contributed by atoms with Crippen molar-refractivity contribution < 1.29 is 9.50 Å². The molecule has 1 heterocycles. The molecule has 0 aromatic heterocycles. The van der Waals surface area contributed by atoms with E-state index in [4.69, 9.17) is 0 Å². The fourth-order valence-electron chi connectivity index (χ4n) is 2.12. The molecule has 2 rings (SSSR count).